The molecule has 0 aliphatic heterocycles. The predicted molar refractivity (Wildman–Crippen MR) is 60.2 cm³/mol. The first-order valence-electron chi connectivity index (χ1n) is 5.10. The fraction of sp³-hybridized carbons (Fsp3) is 0.273. The summed E-state index contributed by atoms with van der Waals surface area (Å²) in [4.78, 5) is 22.1. The van der Waals surface area contributed by atoms with Gasteiger partial charge in [0.15, 0.2) is 0 Å². The van der Waals surface area contributed by atoms with Gasteiger partial charge in [0.1, 0.15) is 11.6 Å². The summed E-state index contributed by atoms with van der Waals surface area (Å²) in [5, 5.41) is 10.8. The number of anilines is 1. The molecule has 1 atom stereocenters. The molecule has 1 unspecified atom stereocenters. The van der Waals surface area contributed by atoms with Crippen molar-refractivity contribution in [2.75, 3.05) is 11.9 Å². The van der Waals surface area contributed by atoms with Crippen molar-refractivity contribution in [3.05, 3.63) is 29.3 Å². The van der Waals surface area contributed by atoms with E-state index in [4.69, 9.17) is 10.8 Å². The van der Waals surface area contributed by atoms with Crippen LogP contribution in [-0.2, 0) is 4.79 Å². The number of nitrogens with two attached hydrogens (primary N) is 1. The van der Waals surface area contributed by atoms with Gasteiger partial charge in [-0.1, -0.05) is 6.92 Å². The number of rotatable bonds is 4. The minimum absolute atomic E-state index is 0.0560. The topological polar surface area (TPSA) is 92.4 Å². The molecule has 0 bridgehead atoms. The van der Waals surface area contributed by atoms with Gasteiger partial charge in [0.2, 0.25) is 5.91 Å². The van der Waals surface area contributed by atoms with Crippen molar-refractivity contribution in [2.45, 2.75) is 6.92 Å². The first kappa shape index (κ1) is 14.0. The van der Waals surface area contributed by atoms with Gasteiger partial charge in [-0.2, -0.15) is 0 Å². The summed E-state index contributed by atoms with van der Waals surface area (Å²) in [6.45, 7) is 1.58. The van der Waals surface area contributed by atoms with Gasteiger partial charge in [-0.25, -0.2) is 13.6 Å². The summed E-state index contributed by atoms with van der Waals surface area (Å²) in [6.07, 6.45) is 0. The quantitative estimate of drug-likeness (QED) is 0.756. The molecule has 5 nitrogen and oxygen atoms in total. The molecule has 18 heavy (non-hydrogen) atoms. The maximum absolute atomic E-state index is 13.3. The Morgan fingerprint density at radius 3 is 2.50 bits per heavy atom. The second kappa shape index (κ2) is 5.54. The molecule has 0 saturated heterocycles. The van der Waals surface area contributed by atoms with Crippen molar-refractivity contribution >= 4 is 17.6 Å². The minimum Gasteiger partial charge on any atom is -0.478 e. The van der Waals surface area contributed by atoms with Gasteiger partial charge < -0.3 is 16.2 Å². The van der Waals surface area contributed by atoms with Crippen LogP contribution in [0.5, 0.6) is 0 Å². The number of halogens is 2. The van der Waals surface area contributed by atoms with Crippen molar-refractivity contribution < 1.29 is 23.5 Å². The molecule has 0 aliphatic carbocycles. The molecule has 0 aliphatic rings. The van der Waals surface area contributed by atoms with Crippen LogP contribution in [0.4, 0.5) is 14.5 Å². The molecule has 4 N–H and O–H groups in total. The highest BCUT2D eigenvalue weighted by Gasteiger charge is 2.18. The van der Waals surface area contributed by atoms with Gasteiger partial charge in [-0.15, -0.1) is 0 Å². The number of carbonyl (C=O) groups excluding carboxylic acids is 1. The summed E-state index contributed by atoms with van der Waals surface area (Å²) in [7, 11) is 0. The third-order valence-corrected chi connectivity index (χ3v) is 2.35. The van der Waals surface area contributed by atoms with Crippen LogP contribution in [0, 0.1) is 17.6 Å². The average Bonchev–Trinajstić information content (AvgIpc) is 2.30. The number of benzene rings is 1. The highest BCUT2D eigenvalue weighted by Crippen LogP contribution is 2.20. The van der Waals surface area contributed by atoms with Crippen LogP contribution in [-0.4, -0.2) is 23.5 Å². The summed E-state index contributed by atoms with van der Waals surface area (Å²) in [5.74, 6) is -4.93. The van der Waals surface area contributed by atoms with E-state index in [0.29, 0.717) is 6.07 Å². The number of amides is 1. The minimum atomic E-state index is -1.55. The molecule has 0 saturated carbocycles. The van der Waals surface area contributed by atoms with Gasteiger partial charge >= 0.3 is 5.97 Å². The van der Waals surface area contributed by atoms with Crippen molar-refractivity contribution in [1.29, 1.82) is 0 Å². The molecule has 0 radical (unpaired) electrons. The average molecular weight is 258 g/mol. The lowest BCUT2D eigenvalue weighted by molar-refractivity contribution is -0.119. The number of nitrogens with one attached hydrogen (secondary N) is 1. The lowest BCUT2D eigenvalue weighted by Gasteiger charge is -2.11. The van der Waals surface area contributed by atoms with Crippen LogP contribution in [0.1, 0.15) is 17.3 Å². The van der Waals surface area contributed by atoms with E-state index >= 15 is 0 Å². The van der Waals surface area contributed by atoms with E-state index in [9.17, 15) is 18.4 Å². The van der Waals surface area contributed by atoms with Gasteiger partial charge in [0.25, 0.3) is 0 Å². The number of carboxylic acids is 1. The number of hydrogen-bond acceptors (Lipinski definition) is 3. The largest absolute Gasteiger partial charge is 0.478 e. The first-order chi connectivity index (χ1) is 8.36. The van der Waals surface area contributed by atoms with E-state index in [-0.39, 0.29) is 12.2 Å². The highest BCUT2D eigenvalue weighted by molar-refractivity contribution is 5.95. The van der Waals surface area contributed by atoms with E-state index in [0.717, 1.165) is 6.07 Å². The van der Waals surface area contributed by atoms with Gasteiger partial charge in [-0.05, 0) is 6.07 Å². The first-order valence-corrected chi connectivity index (χ1v) is 5.10. The molecule has 1 amide bonds. The van der Waals surface area contributed by atoms with E-state index in [1.807, 2.05) is 0 Å². The molecule has 7 heteroatoms. The van der Waals surface area contributed by atoms with Crippen LogP contribution in [0.25, 0.3) is 0 Å². The molecule has 1 rings (SSSR count). The van der Waals surface area contributed by atoms with Gasteiger partial charge in [-0.3, -0.25) is 4.79 Å². The zero-order valence-electron chi connectivity index (χ0n) is 9.54. The smallest absolute Gasteiger partial charge is 0.338 e. The summed E-state index contributed by atoms with van der Waals surface area (Å²) >= 11 is 0. The second-order valence-corrected chi connectivity index (χ2v) is 3.74. The Balaban J connectivity index is 3.06. The second-order valence-electron chi connectivity index (χ2n) is 3.74. The van der Waals surface area contributed by atoms with Crippen molar-refractivity contribution in [1.82, 2.24) is 0 Å². The Morgan fingerprint density at radius 2 is 2.00 bits per heavy atom. The standard InChI is InChI=1S/C11H12F2N2O3/c1-5(4-14)10(16)15-9-2-6(11(17)18)7(12)3-8(9)13/h2-3,5H,4,14H2,1H3,(H,15,16)(H,17,18). The monoisotopic (exact) mass is 258 g/mol. The number of hydrogen-bond donors (Lipinski definition) is 3. The Morgan fingerprint density at radius 1 is 1.39 bits per heavy atom. The van der Waals surface area contributed by atoms with Crippen molar-refractivity contribution in [2.24, 2.45) is 11.7 Å². The van der Waals surface area contributed by atoms with E-state index in [1.54, 1.807) is 0 Å². The van der Waals surface area contributed by atoms with Crippen LogP contribution >= 0.6 is 0 Å². The molecule has 0 fully saturated rings. The molecule has 0 spiro atoms. The van der Waals surface area contributed by atoms with E-state index < -0.39 is 35.0 Å². The summed E-state index contributed by atoms with van der Waals surface area (Å²) in [5.41, 5.74) is 4.15. The Hall–Kier alpha value is -2.02. The Kier molecular flexibility index (Phi) is 4.33. The number of aromatic carboxylic acids is 1. The van der Waals surface area contributed by atoms with Crippen LogP contribution in [0.2, 0.25) is 0 Å². The zero-order valence-corrected chi connectivity index (χ0v) is 9.54. The third-order valence-electron chi connectivity index (χ3n) is 2.35. The van der Waals surface area contributed by atoms with E-state index in [1.165, 1.54) is 6.92 Å². The normalized spacial score (nSPS) is 12.0. The number of carboxylic acid groups (broad SMARTS) is 1. The summed E-state index contributed by atoms with van der Waals surface area (Å²) < 4.78 is 26.4. The molecule has 1 aromatic rings. The molecule has 1 aromatic carbocycles. The van der Waals surface area contributed by atoms with Crippen LogP contribution in [0.15, 0.2) is 12.1 Å². The molecule has 98 valence electrons. The molecule has 0 aromatic heterocycles. The Labute approximate surface area is 102 Å². The van der Waals surface area contributed by atoms with Gasteiger partial charge in [0, 0.05) is 18.5 Å². The lowest BCUT2D eigenvalue weighted by atomic mass is 10.1. The number of carbonyl (C=O) groups is 2. The molecular weight excluding hydrogens is 246 g/mol. The fourth-order valence-corrected chi connectivity index (χ4v) is 1.17. The SMILES string of the molecule is CC(CN)C(=O)Nc1cc(C(=O)O)c(F)cc1F. The van der Waals surface area contributed by atoms with Crippen molar-refractivity contribution in [3.8, 4) is 0 Å². The third kappa shape index (κ3) is 3.01. The van der Waals surface area contributed by atoms with Gasteiger partial charge in [0.05, 0.1) is 11.3 Å². The maximum Gasteiger partial charge on any atom is 0.338 e. The lowest BCUT2D eigenvalue weighted by Crippen LogP contribution is -2.27. The zero-order chi connectivity index (χ0) is 13.9. The van der Waals surface area contributed by atoms with Crippen LogP contribution < -0.4 is 11.1 Å². The van der Waals surface area contributed by atoms with Crippen LogP contribution in [0.3, 0.4) is 0 Å². The summed E-state index contributed by atoms with van der Waals surface area (Å²) in [6, 6.07) is 1.14. The predicted octanol–water partition coefficient (Wildman–Crippen LogP) is 1.20. The maximum atomic E-state index is 13.3. The molecular formula is C11H12F2N2O3. The van der Waals surface area contributed by atoms with Crippen molar-refractivity contribution in [3.63, 3.8) is 0 Å². The highest BCUT2D eigenvalue weighted by atomic mass is 19.1. The molecule has 0 heterocycles. The fourth-order valence-electron chi connectivity index (χ4n) is 1.17. The van der Waals surface area contributed by atoms with E-state index in [2.05, 4.69) is 5.32 Å². The Bertz CT molecular complexity index is 491.